The van der Waals surface area contributed by atoms with E-state index in [1.165, 1.54) is 30.3 Å². The van der Waals surface area contributed by atoms with Gasteiger partial charge in [0.05, 0.1) is 4.91 Å². The fourth-order valence-electron chi connectivity index (χ4n) is 3.23. The highest BCUT2D eigenvalue weighted by molar-refractivity contribution is 8.26. The zero-order valence-corrected chi connectivity index (χ0v) is 16.8. The summed E-state index contributed by atoms with van der Waals surface area (Å²) in [5.74, 6) is -0.684. The van der Waals surface area contributed by atoms with Gasteiger partial charge in [-0.05, 0) is 61.0 Å². The lowest BCUT2D eigenvalue weighted by atomic mass is 10.2. The summed E-state index contributed by atoms with van der Waals surface area (Å²) in [5, 5.41) is 1.14. The Hall–Kier alpha value is -2.64. The molecule has 0 radical (unpaired) electrons. The lowest BCUT2D eigenvalue weighted by Crippen LogP contribution is -2.44. The molecule has 0 bridgehead atoms. The Morgan fingerprint density at radius 1 is 1.04 bits per heavy atom. The van der Waals surface area contributed by atoms with Gasteiger partial charge in [-0.25, -0.2) is 0 Å². The largest absolute Gasteiger partial charge is 0.372 e. The van der Waals surface area contributed by atoms with Crippen molar-refractivity contribution in [1.29, 1.82) is 0 Å². The molecule has 0 saturated carbocycles. The van der Waals surface area contributed by atoms with Crippen molar-refractivity contribution in [3.8, 4) is 0 Å². The van der Waals surface area contributed by atoms with Gasteiger partial charge in [0, 0.05) is 24.3 Å². The summed E-state index contributed by atoms with van der Waals surface area (Å²) in [4.78, 5) is 27.9. The molecule has 2 aromatic carbocycles. The highest BCUT2D eigenvalue weighted by Gasteiger charge is 2.33. The maximum atomic E-state index is 12.7. The van der Waals surface area contributed by atoms with Crippen molar-refractivity contribution in [2.75, 3.05) is 18.0 Å². The topological polar surface area (TPSA) is 52.7 Å². The molecule has 0 aliphatic carbocycles. The first-order valence-corrected chi connectivity index (χ1v) is 10.3. The van der Waals surface area contributed by atoms with Gasteiger partial charge in [-0.1, -0.05) is 42.1 Å². The average Bonchev–Trinajstić information content (AvgIpc) is 3.34. The fraction of sp³-hybridized carbons (Fsp3) is 0.190. The maximum absolute atomic E-state index is 12.7. The first-order valence-electron chi connectivity index (χ1n) is 9.11. The van der Waals surface area contributed by atoms with E-state index in [0.29, 0.717) is 14.8 Å². The molecular weight excluding hydrogens is 390 g/mol. The maximum Gasteiger partial charge on any atom is 0.285 e. The minimum atomic E-state index is -0.367. The summed E-state index contributed by atoms with van der Waals surface area (Å²) in [6.45, 7) is 2.19. The van der Waals surface area contributed by atoms with Crippen LogP contribution in [-0.4, -0.2) is 34.2 Å². The molecular formula is C21H19N3O2S2. The predicted octanol–water partition coefficient (Wildman–Crippen LogP) is 3.83. The molecule has 142 valence electrons. The van der Waals surface area contributed by atoms with Crippen LogP contribution in [0.2, 0.25) is 0 Å². The highest BCUT2D eigenvalue weighted by atomic mass is 32.2. The van der Waals surface area contributed by atoms with E-state index >= 15 is 0 Å². The number of nitrogens with zero attached hydrogens (tertiary/aromatic N) is 2. The second-order valence-corrected chi connectivity index (χ2v) is 8.29. The molecule has 28 heavy (non-hydrogen) atoms. The SMILES string of the molecule is O=C(NN1C(=O)/C(=C\c2ccc(N3CCCC3)cc2)SC1=S)c1ccccc1. The van der Waals surface area contributed by atoms with Crippen molar-refractivity contribution in [3.63, 3.8) is 0 Å². The molecule has 7 heteroatoms. The zero-order valence-electron chi connectivity index (χ0n) is 15.1. The van der Waals surface area contributed by atoms with E-state index in [1.54, 1.807) is 24.3 Å². The normalized spacial score (nSPS) is 18.2. The van der Waals surface area contributed by atoms with E-state index in [2.05, 4.69) is 22.5 Å². The summed E-state index contributed by atoms with van der Waals surface area (Å²) in [7, 11) is 0. The van der Waals surface area contributed by atoms with Crippen LogP contribution in [0.1, 0.15) is 28.8 Å². The Morgan fingerprint density at radius 2 is 1.71 bits per heavy atom. The zero-order chi connectivity index (χ0) is 19.5. The van der Waals surface area contributed by atoms with Crippen molar-refractivity contribution in [3.05, 3.63) is 70.6 Å². The number of amides is 2. The Balaban J connectivity index is 1.46. The second-order valence-electron chi connectivity index (χ2n) is 6.61. The van der Waals surface area contributed by atoms with Gasteiger partial charge < -0.3 is 4.90 Å². The van der Waals surface area contributed by atoms with Gasteiger partial charge in [0.25, 0.3) is 11.8 Å². The number of rotatable bonds is 4. The van der Waals surface area contributed by atoms with Gasteiger partial charge in [-0.2, -0.15) is 5.01 Å². The first-order chi connectivity index (χ1) is 13.6. The number of nitrogens with one attached hydrogen (secondary N) is 1. The van der Waals surface area contributed by atoms with Crippen molar-refractivity contribution >= 4 is 51.9 Å². The highest BCUT2D eigenvalue weighted by Crippen LogP contribution is 2.32. The summed E-state index contributed by atoms with van der Waals surface area (Å²) >= 11 is 6.47. The van der Waals surface area contributed by atoms with E-state index in [4.69, 9.17) is 12.2 Å². The smallest absolute Gasteiger partial charge is 0.285 e. The molecule has 1 N–H and O–H groups in total. The van der Waals surface area contributed by atoms with Crippen LogP contribution in [0.5, 0.6) is 0 Å². The number of thiocarbonyl (C=S) groups is 1. The number of hydrogen-bond donors (Lipinski definition) is 1. The molecule has 2 aliphatic heterocycles. The molecule has 2 saturated heterocycles. The molecule has 2 aliphatic rings. The van der Waals surface area contributed by atoms with Crippen molar-refractivity contribution < 1.29 is 9.59 Å². The van der Waals surface area contributed by atoms with E-state index < -0.39 is 0 Å². The van der Waals surface area contributed by atoms with Crippen LogP contribution in [-0.2, 0) is 4.79 Å². The van der Waals surface area contributed by atoms with E-state index in [9.17, 15) is 9.59 Å². The van der Waals surface area contributed by atoms with Crippen LogP contribution in [0.4, 0.5) is 5.69 Å². The number of anilines is 1. The molecule has 5 nitrogen and oxygen atoms in total. The molecule has 4 rings (SSSR count). The van der Waals surface area contributed by atoms with Gasteiger partial charge in [-0.3, -0.25) is 15.0 Å². The number of carbonyl (C=O) groups is 2. The quantitative estimate of drug-likeness (QED) is 0.614. The molecule has 2 fully saturated rings. The van der Waals surface area contributed by atoms with E-state index in [1.807, 2.05) is 24.3 Å². The van der Waals surface area contributed by atoms with Crippen LogP contribution in [0.25, 0.3) is 6.08 Å². The number of carbonyl (C=O) groups excluding carboxylic acids is 2. The van der Waals surface area contributed by atoms with Crippen LogP contribution in [0.15, 0.2) is 59.5 Å². The molecule has 0 aromatic heterocycles. The van der Waals surface area contributed by atoms with Gasteiger partial charge in [0.2, 0.25) is 0 Å². The fourth-order valence-corrected chi connectivity index (χ4v) is 4.41. The number of thioether (sulfide) groups is 1. The lowest BCUT2D eigenvalue weighted by Gasteiger charge is -2.17. The number of benzene rings is 2. The van der Waals surface area contributed by atoms with Gasteiger partial charge in [0.1, 0.15) is 0 Å². The van der Waals surface area contributed by atoms with Gasteiger partial charge in [0.15, 0.2) is 4.32 Å². The van der Waals surface area contributed by atoms with Crippen molar-refractivity contribution in [2.24, 2.45) is 0 Å². The van der Waals surface area contributed by atoms with Crippen LogP contribution in [0, 0.1) is 0 Å². The monoisotopic (exact) mass is 409 g/mol. The van der Waals surface area contributed by atoms with Crippen LogP contribution >= 0.6 is 24.0 Å². The minimum Gasteiger partial charge on any atom is -0.372 e. The lowest BCUT2D eigenvalue weighted by molar-refractivity contribution is -0.123. The Bertz CT molecular complexity index is 936. The Morgan fingerprint density at radius 3 is 2.39 bits per heavy atom. The van der Waals surface area contributed by atoms with Gasteiger partial charge >= 0.3 is 0 Å². The third kappa shape index (κ3) is 3.95. The summed E-state index contributed by atoms with van der Waals surface area (Å²) < 4.78 is 0.314. The van der Waals surface area contributed by atoms with E-state index in [0.717, 1.165) is 23.7 Å². The van der Waals surface area contributed by atoms with Crippen molar-refractivity contribution in [2.45, 2.75) is 12.8 Å². The predicted molar refractivity (Wildman–Crippen MR) is 117 cm³/mol. The summed E-state index contributed by atoms with van der Waals surface area (Å²) in [6, 6.07) is 16.9. The van der Waals surface area contributed by atoms with Crippen LogP contribution < -0.4 is 10.3 Å². The van der Waals surface area contributed by atoms with E-state index in [-0.39, 0.29) is 11.8 Å². The van der Waals surface area contributed by atoms with Gasteiger partial charge in [-0.15, -0.1) is 0 Å². The molecule has 2 heterocycles. The summed E-state index contributed by atoms with van der Waals surface area (Å²) in [5.41, 5.74) is 5.20. The van der Waals surface area contributed by atoms with Crippen LogP contribution in [0.3, 0.4) is 0 Å². The molecule has 0 atom stereocenters. The molecule has 0 unspecified atom stereocenters. The minimum absolute atomic E-state index is 0.314. The number of hydrazine groups is 1. The number of hydrogen-bond acceptors (Lipinski definition) is 5. The Labute approximate surface area is 173 Å². The Kier molecular flexibility index (Phi) is 5.45. The average molecular weight is 410 g/mol. The summed E-state index contributed by atoms with van der Waals surface area (Å²) in [6.07, 6.45) is 4.28. The third-order valence-electron chi connectivity index (χ3n) is 4.71. The standard InChI is InChI=1S/C21H19N3O2S2/c25-19(16-6-2-1-3-7-16)22-24-20(26)18(28-21(24)27)14-15-8-10-17(11-9-15)23-12-4-5-13-23/h1-3,6-11,14H,4-5,12-13H2,(H,22,25)/b18-14+. The third-order valence-corrected chi connectivity index (χ3v) is 6.01. The second kappa shape index (κ2) is 8.16. The molecule has 0 spiro atoms. The van der Waals surface area contributed by atoms with Crippen molar-refractivity contribution in [1.82, 2.24) is 10.4 Å². The molecule has 2 amide bonds. The molecule has 2 aromatic rings. The first kappa shape index (κ1) is 18.7.